The van der Waals surface area contributed by atoms with Gasteiger partial charge in [0.1, 0.15) is 0 Å². The van der Waals surface area contributed by atoms with Gasteiger partial charge in [-0.1, -0.05) is 12.1 Å². The maximum Gasteiger partial charge on any atom is 0.174 e. The van der Waals surface area contributed by atoms with E-state index in [4.69, 9.17) is 14.1 Å². The van der Waals surface area contributed by atoms with Crippen molar-refractivity contribution in [1.29, 1.82) is 0 Å². The summed E-state index contributed by atoms with van der Waals surface area (Å²) in [5.74, 6) is 0. The summed E-state index contributed by atoms with van der Waals surface area (Å²) in [5.41, 5.74) is 0.761. The van der Waals surface area contributed by atoms with Gasteiger partial charge in [-0.3, -0.25) is 0 Å². The number of hydrogen-bond donors (Lipinski definition) is 0. The number of ether oxygens (including phenoxy) is 1. The average Bonchev–Trinajstić information content (AvgIpc) is 2.27. The molecule has 1 rings (SSSR count). The van der Waals surface area contributed by atoms with Crippen molar-refractivity contribution in [2.75, 3.05) is 21.2 Å². The van der Waals surface area contributed by atoms with E-state index in [1.165, 1.54) is 11.5 Å². The van der Waals surface area contributed by atoms with Crippen molar-refractivity contribution in [3.63, 3.8) is 0 Å². The second kappa shape index (κ2) is 7.24. The highest BCUT2D eigenvalue weighted by atomic mass is 32.2. The van der Waals surface area contributed by atoms with Crippen LogP contribution in [0, 0.1) is 0 Å². The highest BCUT2D eigenvalue weighted by Gasteiger charge is 2.02. The standard InChI is InChI=1S/C10H14N2O3S/c1-12(2)14-15-16-10-7-5-4-6-9(10)11-8-13-3/h4-8H,1-3H3/b11-8-. The average molecular weight is 242 g/mol. The van der Waals surface area contributed by atoms with E-state index >= 15 is 0 Å². The Morgan fingerprint density at radius 3 is 2.75 bits per heavy atom. The highest BCUT2D eigenvalue weighted by Crippen LogP contribution is 2.29. The monoisotopic (exact) mass is 242 g/mol. The molecular formula is C10H14N2O3S. The van der Waals surface area contributed by atoms with Crippen molar-refractivity contribution in [1.82, 2.24) is 5.06 Å². The molecule has 0 aromatic heterocycles. The molecule has 0 amide bonds. The number of hydroxylamine groups is 2. The predicted octanol–water partition coefficient (Wildman–Crippen LogP) is 2.42. The van der Waals surface area contributed by atoms with Crippen LogP contribution in [0.5, 0.6) is 0 Å². The predicted molar refractivity (Wildman–Crippen MR) is 63.3 cm³/mol. The third kappa shape index (κ3) is 4.63. The number of benzene rings is 1. The van der Waals surface area contributed by atoms with Gasteiger partial charge in [0, 0.05) is 14.1 Å². The van der Waals surface area contributed by atoms with Gasteiger partial charge < -0.3 is 4.74 Å². The zero-order valence-corrected chi connectivity index (χ0v) is 10.2. The Morgan fingerprint density at radius 1 is 1.31 bits per heavy atom. The molecule has 0 fully saturated rings. The summed E-state index contributed by atoms with van der Waals surface area (Å²) in [5, 5.41) is 1.45. The molecule has 0 N–H and O–H groups in total. The number of rotatable bonds is 6. The van der Waals surface area contributed by atoms with E-state index in [-0.39, 0.29) is 0 Å². The van der Waals surface area contributed by atoms with E-state index in [0.29, 0.717) is 0 Å². The molecule has 0 atom stereocenters. The third-order valence-corrected chi connectivity index (χ3v) is 2.12. The van der Waals surface area contributed by atoms with Crippen LogP contribution in [0.15, 0.2) is 34.2 Å². The molecule has 0 heterocycles. The summed E-state index contributed by atoms with van der Waals surface area (Å²) in [4.78, 5) is 9.77. The fourth-order valence-corrected chi connectivity index (χ4v) is 1.42. The highest BCUT2D eigenvalue weighted by molar-refractivity contribution is 7.94. The van der Waals surface area contributed by atoms with Gasteiger partial charge in [0.15, 0.2) is 6.40 Å². The van der Waals surface area contributed by atoms with Crippen LogP contribution in [0.2, 0.25) is 0 Å². The van der Waals surface area contributed by atoms with Crippen LogP contribution in [0.4, 0.5) is 5.69 Å². The molecule has 1 aromatic carbocycles. The van der Waals surface area contributed by atoms with Gasteiger partial charge in [0.25, 0.3) is 0 Å². The normalized spacial score (nSPS) is 11.2. The fraction of sp³-hybridized carbons (Fsp3) is 0.300. The second-order valence-electron chi connectivity index (χ2n) is 2.98. The van der Waals surface area contributed by atoms with Crippen LogP contribution >= 0.6 is 12.0 Å². The number of nitrogens with zero attached hydrogens (tertiary/aromatic N) is 2. The molecule has 1 aromatic rings. The maximum atomic E-state index is 4.93. The minimum Gasteiger partial charge on any atom is -0.486 e. The molecule has 0 unspecified atom stereocenters. The first-order chi connectivity index (χ1) is 7.74. The molecule has 0 saturated heterocycles. The van der Waals surface area contributed by atoms with Crippen LogP contribution in [0.25, 0.3) is 0 Å². The minimum absolute atomic E-state index is 0.761. The Bertz CT molecular complexity index is 345. The lowest BCUT2D eigenvalue weighted by Crippen LogP contribution is -2.10. The summed E-state index contributed by atoms with van der Waals surface area (Å²) < 4.78 is 9.69. The number of methoxy groups -OCH3 is 1. The molecule has 0 saturated carbocycles. The first-order valence-corrected chi connectivity index (χ1v) is 5.31. The summed E-state index contributed by atoms with van der Waals surface area (Å²) >= 11 is 1.09. The van der Waals surface area contributed by atoms with Crippen LogP contribution in [-0.4, -0.2) is 32.7 Å². The van der Waals surface area contributed by atoms with Gasteiger partial charge in [0.2, 0.25) is 0 Å². The van der Waals surface area contributed by atoms with Crippen molar-refractivity contribution in [3.8, 4) is 0 Å². The van der Waals surface area contributed by atoms with Crippen molar-refractivity contribution >= 4 is 24.1 Å². The van der Waals surface area contributed by atoms with E-state index in [1.54, 1.807) is 21.2 Å². The van der Waals surface area contributed by atoms with Crippen molar-refractivity contribution < 1.29 is 14.1 Å². The van der Waals surface area contributed by atoms with Crippen molar-refractivity contribution in [2.45, 2.75) is 4.90 Å². The summed E-state index contributed by atoms with van der Waals surface area (Å²) in [6.45, 7) is 0. The van der Waals surface area contributed by atoms with E-state index < -0.39 is 0 Å². The topological polar surface area (TPSA) is 43.3 Å². The van der Waals surface area contributed by atoms with Crippen molar-refractivity contribution in [2.24, 2.45) is 4.99 Å². The van der Waals surface area contributed by atoms with Crippen LogP contribution in [0.1, 0.15) is 0 Å². The van der Waals surface area contributed by atoms with E-state index in [0.717, 1.165) is 22.6 Å². The van der Waals surface area contributed by atoms with Gasteiger partial charge in [-0.2, -0.15) is 5.06 Å². The minimum atomic E-state index is 0.761. The molecule has 0 radical (unpaired) electrons. The summed E-state index contributed by atoms with van der Waals surface area (Å²) in [6, 6.07) is 7.52. The number of aliphatic imine (C=N–C) groups is 1. The van der Waals surface area contributed by atoms with Gasteiger partial charge in [-0.15, -0.1) is 9.32 Å². The zero-order valence-electron chi connectivity index (χ0n) is 9.41. The molecule has 16 heavy (non-hydrogen) atoms. The van der Waals surface area contributed by atoms with E-state index in [1.807, 2.05) is 24.3 Å². The molecule has 0 bridgehead atoms. The fourth-order valence-electron chi connectivity index (χ4n) is 0.856. The summed E-state index contributed by atoms with van der Waals surface area (Å²) in [7, 11) is 5.01. The number of para-hydroxylation sites is 1. The van der Waals surface area contributed by atoms with Gasteiger partial charge in [-0.05, 0) is 12.1 Å². The molecule has 0 aliphatic carbocycles. The molecule has 6 heteroatoms. The molecule has 0 aliphatic heterocycles. The first-order valence-electron chi connectivity index (χ1n) is 4.57. The molecule has 0 spiro atoms. The molecule has 88 valence electrons. The van der Waals surface area contributed by atoms with E-state index in [2.05, 4.69) is 4.99 Å². The van der Waals surface area contributed by atoms with Gasteiger partial charge in [-0.25, -0.2) is 4.99 Å². The lowest BCUT2D eigenvalue weighted by molar-refractivity contribution is -0.340. The number of hydrogen-bond acceptors (Lipinski definition) is 6. The second-order valence-corrected chi connectivity index (χ2v) is 3.72. The Balaban J connectivity index is 2.60. The lowest BCUT2D eigenvalue weighted by atomic mass is 10.3. The molecular weight excluding hydrogens is 228 g/mol. The van der Waals surface area contributed by atoms with Crippen molar-refractivity contribution in [3.05, 3.63) is 24.3 Å². The Kier molecular flexibility index (Phi) is 5.87. The third-order valence-electron chi connectivity index (χ3n) is 1.47. The molecule has 0 aliphatic rings. The maximum absolute atomic E-state index is 4.93. The SMILES string of the molecule is CO/C=N\c1ccccc1SOON(C)C. The Morgan fingerprint density at radius 2 is 2.06 bits per heavy atom. The van der Waals surface area contributed by atoms with E-state index in [9.17, 15) is 0 Å². The smallest absolute Gasteiger partial charge is 0.174 e. The first kappa shape index (κ1) is 13.0. The quantitative estimate of drug-likeness (QED) is 0.252. The van der Waals surface area contributed by atoms with Gasteiger partial charge in [0.05, 0.1) is 29.7 Å². The van der Waals surface area contributed by atoms with Crippen LogP contribution in [0.3, 0.4) is 0 Å². The van der Waals surface area contributed by atoms with Crippen LogP contribution < -0.4 is 0 Å². The van der Waals surface area contributed by atoms with Gasteiger partial charge >= 0.3 is 0 Å². The Hall–Kier alpha value is -1.08. The van der Waals surface area contributed by atoms with Crippen LogP contribution in [-0.2, 0) is 14.1 Å². The lowest BCUT2D eigenvalue weighted by Gasteiger charge is -2.08. The summed E-state index contributed by atoms with van der Waals surface area (Å²) in [6.07, 6.45) is 1.37. The molecule has 5 nitrogen and oxygen atoms in total. The zero-order chi connectivity index (χ0) is 11.8. The Labute approximate surface area is 99.1 Å². The largest absolute Gasteiger partial charge is 0.486 e.